The minimum Gasteiger partial charge on any atom is -0.495 e. The van der Waals surface area contributed by atoms with E-state index >= 15 is 0 Å². The van der Waals surface area contributed by atoms with E-state index in [1.807, 2.05) is 13.0 Å². The van der Waals surface area contributed by atoms with Gasteiger partial charge in [-0.15, -0.1) is 0 Å². The molecule has 1 aliphatic heterocycles. The average Bonchev–Trinajstić information content (AvgIpc) is 3.20. The lowest BCUT2D eigenvalue weighted by molar-refractivity contribution is 0.139. The van der Waals surface area contributed by atoms with Gasteiger partial charge in [0.2, 0.25) is 0 Å². The molecule has 2 heterocycles. The van der Waals surface area contributed by atoms with E-state index in [0.29, 0.717) is 30.1 Å². The van der Waals surface area contributed by atoms with E-state index in [1.54, 1.807) is 36.6 Å². The summed E-state index contributed by atoms with van der Waals surface area (Å²) in [5.41, 5.74) is 2.94. The van der Waals surface area contributed by atoms with Gasteiger partial charge in [0, 0.05) is 42.7 Å². The molecule has 8 heteroatoms. The topological polar surface area (TPSA) is 83.8 Å². The lowest BCUT2D eigenvalue weighted by Crippen LogP contribution is -2.53. The summed E-state index contributed by atoms with van der Waals surface area (Å²) in [6.45, 7) is 8.64. The highest BCUT2D eigenvalue weighted by molar-refractivity contribution is 7.92. The van der Waals surface area contributed by atoms with Gasteiger partial charge in [-0.05, 0) is 56.7 Å². The standard InChI is InChI=1S/C23H29N3O4S/c1-15-5-6-22(29-4)21(9-15)25-31(27,28)20-10-18-7-8-30-23(18)19(11-20)14-26-13-16(2)24-12-17(26)3/h5-11,16-17,24-25H,12-14H2,1-4H3/t16-,17+/m1/s1. The van der Waals surface area contributed by atoms with Crippen LogP contribution in [0.2, 0.25) is 0 Å². The first-order valence-electron chi connectivity index (χ1n) is 10.4. The lowest BCUT2D eigenvalue weighted by Gasteiger charge is -2.37. The smallest absolute Gasteiger partial charge is 0.262 e. The third kappa shape index (κ3) is 4.56. The van der Waals surface area contributed by atoms with Gasteiger partial charge in [-0.3, -0.25) is 9.62 Å². The van der Waals surface area contributed by atoms with Crippen LogP contribution in [-0.2, 0) is 16.6 Å². The Balaban J connectivity index is 1.70. The van der Waals surface area contributed by atoms with Crippen LogP contribution in [0.25, 0.3) is 11.0 Å². The summed E-state index contributed by atoms with van der Waals surface area (Å²) in [7, 11) is -2.30. The summed E-state index contributed by atoms with van der Waals surface area (Å²) in [5.74, 6) is 0.474. The molecule has 1 aliphatic rings. The number of nitrogens with one attached hydrogen (secondary N) is 2. The van der Waals surface area contributed by atoms with Gasteiger partial charge in [0.25, 0.3) is 10.0 Å². The SMILES string of the molecule is COc1ccc(C)cc1NS(=O)(=O)c1cc(CN2C[C@@H](C)NC[C@@H]2C)c2occc2c1. The van der Waals surface area contributed by atoms with E-state index < -0.39 is 10.0 Å². The summed E-state index contributed by atoms with van der Waals surface area (Å²) in [4.78, 5) is 2.56. The van der Waals surface area contributed by atoms with Gasteiger partial charge in [-0.25, -0.2) is 8.42 Å². The van der Waals surface area contributed by atoms with E-state index in [1.165, 1.54) is 7.11 Å². The van der Waals surface area contributed by atoms with Crippen molar-refractivity contribution in [1.82, 2.24) is 10.2 Å². The zero-order valence-corrected chi connectivity index (χ0v) is 19.1. The van der Waals surface area contributed by atoms with Crippen LogP contribution in [0, 0.1) is 6.92 Å². The quantitative estimate of drug-likeness (QED) is 0.604. The first-order valence-corrected chi connectivity index (χ1v) is 11.9. The molecule has 4 rings (SSSR count). The Kier molecular flexibility index (Phi) is 5.96. The molecule has 0 radical (unpaired) electrons. The minimum absolute atomic E-state index is 0.204. The Morgan fingerprint density at radius 2 is 2.03 bits per heavy atom. The van der Waals surface area contributed by atoms with Crippen molar-refractivity contribution in [3.8, 4) is 5.75 Å². The molecule has 2 aromatic carbocycles. The number of benzene rings is 2. The molecule has 166 valence electrons. The molecule has 1 fully saturated rings. The van der Waals surface area contributed by atoms with Crippen LogP contribution < -0.4 is 14.8 Å². The molecular weight excluding hydrogens is 414 g/mol. The second-order valence-corrected chi connectivity index (χ2v) is 10.0. The highest BCUT2D eigenvalue weighted by atomic mass is 32.2. The van der Waals surface area contributed by atoms with Gasteiger partial charge in [0.1, 0.15) is 11.3 Å². The molecule has 3 aromatic rings. The zero-order valence-electron chi connectivity index (χ0n) is 18.3. The van der Waals surface area contributed by atoms with Crippen molar-refractivity contribution in [1.29, 1.82) is 0 Å². The molecule has 31 heavy (non-hydrogen) atoms. The molecule has 0 saturated carbocycles. The van der Waals surface area contributed by atoms with Crippen LogP contribution in [0.5, 0.6) is 5.75 Å². The first kappa shape index (κ1) is 21.7. The Morgan fingerprint density at radius 3 is 2.81 bits per heavy atom. The van der Waals surface area contributed by atoms with Crippen LogP contribution in [0.4, 0.5) is 5.69 Å². The summed E-state index contributed by atoms with van der Waals surface area (Å²) in [6, 6.07) is 11.3. The van der Waals surface area contributed by atoms with E-state index in [-0.39, 0.29) is 4.90 Å². The predicted octanol–water partition coefficient (Wildman–Crippen LogP) is 3.73. The molecule has 0 spiro atoms. The summed E-state index contributed by atoms with van der Waals surface area (Å²) >= 11 is 0. The molecule has 0 bridgehead atoms. The van der Waals surface area contributed by atoms with Crippen molar-refractivity contribution >= 4 is 26.7 Å². The fourth-order valence-corrected chi connectivity index (χ4v) is 5.19. The largest absolute Gasteiger partial charge is 0.495 e. The molecule has 1 aromatic heterocycles. The molecule has 1 saturated heterocycles. The maximum absolute atomic E-state index is 13.3. The summed E-state index contributed by atoms with van der Waals surface area (Å²) < 4.78 is 40.3. The Bertz CT molecular complexity index is 1190. The van der Waals surface area contributed by atoms with Crippen LogP contribution >= 0.6 is 0 Å². The Hall–Kier alpha value is -2.55. The van der Waals surface area contributed by atoms with E-state index in [4.69, 9.17) is 9.15 Å². The monoisotopic (exact) mass is 443 g/mol. The third-order valence-electron chi connectivity index (χ3n) is 5.78. The zero-order chi connectivity index (χ0) is 22.2. The molecular formula is C23H29N3O4S. The van der Waals surface area contributed by atoms with Crippen molar-refractivity contribution < 1.29 is 17.6 Å². The molecule has 0 unspecified atom stereocenters. The van der Waals surface area contributed by atoms with Crippen molar-refractivity contribution in [2.24, 2.45) is 0 Å². The lowest BCUT2D eigenvalue weighted by atomic mass is 10.1. The molecule has 2 N–H and O–H groups in total. The van der Waals surface area contributed by atoms with E-state index in [0.717, 1.165) is 35.2 Å². The van der Waals surface area contributed by atoms with Gasteiger partial charge in [-0.1, -0.05) is 6.07 Å². The molecule has 2 atom stereocenters. The van der Waals surface area contributed by atoms with Crippen molar-refractivity contribution in [2.75, 3.05) is 24.9 Å². The number of sulfonamides is 1. The maximum Gasteiger partial charge on any atom is 0.262 e. The number of methoxy groups -OCH3 is 1. The Morgan fingerprint density at radius 1 is 1.23 bits per heavy atom. The van der Waals surface area contributed by atoms with Crippen molar-refractivity contribution in [3.63, 3.8) is 0 Å². The number of nitrogens with zero attached hydrogens (tertiary/aromatic N) is 1. The van der Waals surface area contributed by atoms with E-state index in [2.05, 4.69) is 28.8 Å². The van der Waals surface area contributed by atoms with Crippen LogP contribution in [-0.4, -0.2) is 45.6 Å². The second kappa shape index (κ2) is 8.53. The Labute approximate surface area is 183 Å². The van der Waals surface area contributed by atoms with Crippen LogP contribution in [0.3, 0.4) is 0 Å². The maximum atomic E-state index is 13.3. The normalized spacial score (nSPS) is 20.1. The van der Waals surface area contributed by atoms with Gasteiger partial charge in [-0.2, -0.15) is 0 Å². The fraction of sp³-hybridized carbons (Fsp3) is 0.391. The third-order valence-corrected chi connectivity index (χ3v) is 7.12. The molecule has 7 nitrogen and oxygen atoms in total. The number of piperazine rings is 1. The van der Waals surface area contributed by atoms with Gasteiger partial charge < -0.3 is 14.5 Å². The number of anilines is 1. The van der Waals surface area contributed by atoms with E-state index in [9.17, 15) is 8.42 Å². The van der Waals surface area contributed by atoms with Crippen LogP contribution in [0.15, 0.2) is 52.0 Å². The number of rotatable bonds is 6. The van der Waals surface area contributed by atoms with Gasteiger partial charge >= 0.3 is 0 Å². The van der Waals surface area contributed by atoms with Crippen molar-refractivity contribution in [3.05, 3.63) is 53.8 Å². The number of aryl methyl sites for hydroxylation is 1. The highest BCUT2D eigenvalue weighted by Gasteiger charge is 2.25. The molecule has 0 aliphatic carbocycles. The van der Waals surface area contributed by atoms with Crippen LogP contribution in [0.1, 0.15) is 25.0 Å². The molecule has 0 amide bonds. The summed E-state index contributed by atoms with van der Waals surface area (Å²) in [5, 5.41) is 4.24. The highest BCUT2D eigenvalue weighted by Crippen LogP contribution is 2.31. The van der Waals surface area contributed by atoms with Gasteiger partial charge in [0.15, 0.2) is 0 Å². The first-order chi connectivity index (χ1) is 14.8. The second-order valence-electron chi connectivity index (χ2n) is 8.32. The fourth-order valence-electron chi connectivity index (χ4n) is 4.04. The minimum atomic E-state index is -3.82. The summed E-state index contributed by atoms with van der Waals surface area (Å²) in [6.07, 6.45) is 1.60. The average molecular weight is 444 g/mol. The number of hydrogen-bond acceptors (Lipinski definition) is 6. The van der Waals surface area contributed by atoms with Crippen molar-refractivity contribution in [2.45, 2.75) is 44.3 Å². The number of ether oxygens (including phenoxy) is 1. The van der Waals surface area contributed by atoms with Gasteiger partial charge in [0.05, 0.1) is 24.0 Å². The predicted molar refractivity (Wildman–Crippen MR) is 122 cm³/mol. The number of fused-ring (bicyclic) bond motifs is 1. The number of furan rings is 1. The number of hydrogen-bond donors (Lipinski definition) is 2.